The van der Waals surface area contributed by atoms with Crippen LogP contribution in [0.2, 0.25) is 0 Å². The third-order valence-corrected chi connectivity index (χ3v) is 11.5. The highest BCUT2D eigenvalue weighted by atomic mass is 16.5. The van der Waals surface area contributed by atoms with Crippen molar-refractivity contribution in [3.63, 3.8) is 0 Å². The molecule has 10 atom stereocenters. The Hall–Kier alpha value is -1.10. The van der Waals surface area contributed by atoms with Crippen molar-refractivity contribution in [1.82, 2.24) is 0 Å². The van der Waals surface area contributed by atoms with Gasteiger partial charge in [0, 0.05) is 11.8 Å². The molecule has 5 heteroatoms. The third kappa shape index (κ3) is 4.12. The van der Waals surface area contributed by atoms with Crippen LogP contribution in [0.25, 0.3) is 0 Å². The molecule has 0 aromatic carbocycles. The van der Waals surface area contributed by atoms with Crippen LogP contribution in [0.1, 0.15) is 105 Å². The van der Waals surface area contributed by atoms with Gasteiger partial charge in [0.05, 0.1) is 0 Å². The second kappa shape index (κ2) is 9.75. The number of ether oxygens (including phenoxy) is 2. The van der Waals surface area contributed by atoms with E-state index in [4.69, 9.17) is 9.47 Å². The van der Waals surface area contributed by atoms with E-state index in [9.17, 15) is 14.7 Å². The molecule has 0 saturated heterocycles. The van der Waals surface area contributed by atoms with Crippen LogP contribution in [-0.4, -0.2) is 35.9 Å². The summed E-state index contributed by atoms with van der Waals surface area (Å²) in [6.07, 6.45) is 10.7. The minimum absolute atomic E-state index is 0.304. The molecule has 0 amide bonds. The van der Waals surface area contributed by atoms with Crippen LogP contribution in [0.5, 0.6) is 0 Å². The van der Waals surface area contributed by atoms with Gasteiger partial charge in [-0.2, -0.15) is 0 Å². The van der Waals surface area contributed by atoms with E-state index >= 15 is 0 Å². The van der Waals surface area contributed by atoms with Crippen molar-refractivity contribution in [2.24, 2.45) is 46.3 Å². The number of rotatable bonds is 9. The summed E-state index contributed by atoms with van der Waals surface area (Å²) in [4.78, 5) is 22.5. The fourth-order valence-electron chi connectivity index (χ4n) is 9.67. The fourth-order valence-corrected chi connectivity index (χ4v) is 9.67. The molecule has 4 saturated carbocycles. The number of fused-ring (bicyclic) bond motifs is 5. The lowest BCUT2D eigenvalue weighted by molar-refractivity contribution is -0.268. The number of aliphatic hydroxyl groups is 1. The topological polar surface area (TPSA) is 72.8 Å². The molecule has 0 aromatic heterocycles. The lowest BCUT2D eigenvalue weighted by Gasteiger charge is -2.65. The summed E-state index contributed by atoms with van der Waals surface area (Å²) in [5, 5.41) is 12.1. The van der Waals surface area contributed by atoms with Crippen molar-refractivity contribution in [1.29, 1.82) is 0 Å². The Morgan fingerprint density at radius 1 is 0.941 bits per heavy atom. The van der Waals surface area contributed by atoms with Gasteiger partial charge in [-0.05, 0) is 85.9 Å². The SMILES string of the molecule is CC(C)CCC[C@@H](C)[C@H]1CC[C@H]2[C@@H]3C[C@@H](OC=O)[C@@]4(O)C[C@@H](OC=O)CC[C@]4(C)[C@H]3CC[C@]12C. The largest absolute Gasteiger partial charge is 0.464 e. The highest BCUT2D eigenvalue weighted by Gasteiger charge is 2.68. The summed E-state index contributed by atoms with van der Waals surface area (Å²) < 4.78 is 10.9. The Labute approximate surface area is 206 Å². The average molecular weight is 477 g/mol. The highest BCUT2D eigenvalue weighted by Crippen LogP contribution is 2.69. The number of carbonyl (C=O) groups is 2. The lowest BCUT2D eigenvalue weighted by Crippen LogP contribution is -2.69. The smallest absolute Gasteiger partial charge is 0.293 e. The number of hydrogen-bond donors (Lipinski definition) is 1. The minimum Gasteiger partial charge on any atom is -0.464 e. The molecule has 5 nitrogen and oxygen atoms in total. The van der Waals surface area contributed by atoms with Crippen LogP contribution in [0, 0.1) is 46.3 Å². The molecule has 0 bridgehead atoms. The van der Waals surface area contributed by atoms with Crippen molar-refractivity contribution >= 4 is 12.9 Å². The number of hydrogen-bond acceptors (Lipinski definition) is 5. The Bertz CT molecular complexity index is 738. The highest BCUT2D eigenvalue weighted by molar-refractivity contribution is 5.39. The minimum atomic E-state index is -1.14. The zero-order valence-corrected chi connectivity index (χ0v) is 22.1. The maximum Gasteiger partial charge on any atom is 0.293 e. The van der Waals surface area contributed by atoms with Gasteiger partial charge in [-0.1, -0.05) is 53.9 Å². The van der Waals surface area contributed by atoms with Gasteiger partial charge in [-0.15, -0.1) is 0 Å². The average Bonchev–Trinajstić information content (AvgIpc) is 3.13. The molecular formula is C29H48O5. The zero-order valence-electron chi connectivity index (χ0n) is 22.1. The van der Waals surface area contributed by atoms with Crippen molar-refractivity contribution in [3.8, 4) is 0 Å². The molecule has 1 N–H and O–H groups in total. The van der Waals surface area contributed by atoms with Gasteiger partial charge in [-0.3, -0.25) is 9.59 Å². The Morgan fingerprint density at radius 2 is 1.68 bits per heavy atom. The first-order chi connectivity index (χ1) is 16.1. The van der Waals surface area contributed by atoms with Crippen LogP contribution in [0.4, 0.5) is 0 Å². The molecule has 0 heterocycles. The summed E-state index contributed by atoms with van der Waals surface area (Å²) in [6, 6.07) is 0. The molecule has 194 valence electrons. The van der Waals surface area contributed by atoms with Crippen LogP contribution in [0.3, 0.4) is 0 Å². The van der Waals surface area contributed by atoms with Gasteiger partial charge in [0.1, 0.15) is 17.8 Å². The fraction of sp³-hybridized carbons (Fsp3) is 0.931. The van der Waals surface area contributed by atoms with E-state index in [0.717, 1.165) is 43.4 Å². The molecule has 34 heavy (non-hydrogen) atoms. The van der Waals surface area contributed by atoms with Crippen molar-refractivity contribution in [3.05, 3.63) is 0 Å². The molecule has 0 aromatic rings. The lowest BCUT2D eigenvalue weighted by atomic mass is 9.42. The molecule has 4 aliphatic carbocycles. The number of carbonyl (C=O) groups excluding carboxylic acids is 2. The van der Waals surface area contributed by atoms with Gasteiger partial charge in [0.15, 0.2) is 0 Å². The van der Waals surface area contributed by atoms with Crippen LogP contribution in [0.15, 0.2) is 0 Å². The molecular weight excluding hydrogens is 428 g/mol. The molecule has 4 aliphatic rings. The van der Waals surface area contributed by atoms with E-state index in [1.165, 1.54) is 38.5 Å². The third-order valence-electron chi connectivity index (χ3n) is 11.5. The van der Waals surface area contributed by atoms with E-state index in [-0.39, 0.29) is 11.5 Å². The summed E-state index contributed by atoms with van der Waals surface area (Å²) in [7, 11) is 0. The van der Waals surface area contributed by atoms with Crippen molar-refractivity contribution in [2.45, 2.75) is 123 Å². The molecule has 0 aliphatic heterocycles. The molecule has 0 radical (unpaired) electrons. The first kappa shape index (κ1) is 26.0. The van der Waals surface area contributed by atoms with E-state index in [0.29, 0.717) is 42.5 Å². The predicted molar refractivity (Wildman–Crippen MR) is 132 cm³/mol. The maximum atomic E-state index is 12.1. The van der Waals surface area contributed by atoms with Crippen LogP contribution < -0.4 is 0 Å². The van der Waals surface area contributed by atoms with Gasteiger partial charge in [-0.25, -0.2) is 0 Å². The Balaban J connectivity index is 1.57. The van der Waals surface area contributed by atoms with Crippen molar-refractivity contribution in [2.75, 3.05) is 0 Å². The standard InChI is InChI=1S/C29H48O5/c1-19(2)7-6-8-20(3)23-9-10-24-22-15-26(34-18-31)29(32)16-21(33-17-30)11-14-28(29,5)25(22)12-13-27(23,24)4/h17-26,32H,6-16H2,1-5H3/t20-,21+,22+,23-,24+,25+,26-,27-,28-,29+/m1/s1. The summed E-state index contributed by atoms with van der Waals surface area (Å²) in [5.74, 6) is 3.82. The van der Waals surface area contributed by atoms with E-state index in [2.05, 4.69) is 34.6 Å². The van der Waals surface area contributed by atoms with E-state index < -0.39 is 11.7 Å². The second-order valence-corrected chi connectivity index (χ2v) is 13.3. The first-order valence-electron chi connectivity index (χ1n) is 14.0. The summed E-state index contributed by atoms with van der Waals surface area (Å²) >= 11 is 0. The normalized spacial score (nSPS) is 46.7. The van der Waals surface area contributed by atoms with Crippen LogP contribution >= 0.6 is 0 Å². The predicted octanol–water partition coefficient (Wildman–Crippen LogP) is 5.92. The Kier molecular flexibility index (Phi) is 7.45. The van der Waals surface area contributed by atoms with Crippen molar-refractivity contribution < 1.29 is 24.2 Å². The van der Waals surface area contributed by atoms with E-state index in [1.54, 1.807) is 0 Å². The monoisotopic (exact) mass is 476 g/mol. The van der Waals surface area contributed by atoms with Gasteiger partial charge < -0.3 is 14.6 Å². The van der Waals surface area contributed by atoms with Gasteiger partial charge in [0.2, 0.25) is 0 Å². The Morgan fingerprint density at radius 3 is 2.35 bits per heavy atom. The second-order valence-electron chi connectivity index (χ2n) is 13.3. The van der Waals surface area contributed by atoms with Crippen LogP contribution in [-0.2, 0) is 19.1 Å². The van der Waals surface area contributed by atoms with Gasteiger partial charge >= 0.3 is 0 Å². The van der Waals surface area contributed by atoms with E-state index in [1.807, 2.05) is 0 Å². The summed E-state index contributed by atoms with van der Waals surface area (Å²) in [6.45, 7) is 12.9. The van der Waals surface area contributed by atoms with Gasteiger partial charge in [0.25, 0.3) is 12.9 Å². The summed E-state index contributed by atoms with van der Waals surface area (Å²) in [5.41, 5.74) is -1.13. The molecule has 4 rings (SSSR count). The first-order valence-corrected chi connectivity index (χ1v) is 14.0. The zero-order chi connectivity index (χ0) is 24.7. The molecule has 0 unspecified atom stereocenters. The quantitative estimate of drug-likeness (QED) is 0.419. The maximum absolute atomic E-state index is 12.1. The molecule has 0 spiro atoms. The molecule has 4 fully saturated rings.